The molecule has 0 radical (unpaired) electrons. The second-order valence-electron chi connectivity index (χ2n) is 8.45. The summed E-state index contributed by atoms with van der Waals surface area (Å²) < 4.78 is 47.4. The third kappa shape index (κ3) is 7.77. The number of rotatable bonds is 12. The third-order valence-corrected chi connectivity index (χ3v) is 7.12. The van der Waals surface area contributed by atoms with E-state index in [1.807, 2.05) is 37.3 Å². The lowest BCUT2D eigenvalue weighted by Crippen LogP contribution is -2.17. The highest BCUT2D eigenvalue weighted by atomic mass is 35.5. The highest BCUT2D eigenvalue weighted by molar-refractivity contribution is 7.87. The lowest BCUT2D eigenvalue weighted by molar-refractivity contribution is 0.0954. The maximum atomic E-state index is 12.8. The van der Waals surface area contributed by atoms with E-state index in [1.165, 1.54) is 37.6 Å². The monoisotopic (exact) mass is 594 g/mol. The number of methoxy groups -OCH3 is 1. The zero-order chi connectivity index (χ0) is 29.2. The Morgan fingerprint density at radius 3 is 2.29 bits per heavy atom. The average molecular weight is 595 g/mol. The number of nitrogens with one attached hydrogen (secondary N) is 1. The first-order valence-corrected chi connectivity index (χ1v) is 14.2. The molecule has 0 saturated carbocycles. The number of carbonyl (C=O) groups excluding carboxylic acids is 1. The molecule has 0 spiro atoms. The zero-order valence-corrected chi connectivity index (χ0v) is 23.8. The number of carbonyl (C=O) groups is 1. The highest BCUT2D eigenvalue weighted by Gasteiger charge is 2.22. The second-order valence-corrected chi connectivity index (χ2v) is 10.4. The van der Waals surface area contributed by atoms with Crippen LogP contribution < -0.4 is 23.8 Å². The van der Waals surface area contributed by atoms with E-state index >= 15 is 0 Å². The first kappa shape index (κ1) is 29.4. The van der Waals surface area contributed by atoms with Crippen molar-refractivity contribution in [3.63, 3.8) is 0 Å². The van der Waals surface area contributed by atoms with Gasteiger partial charge in [0.15, 0.2) is 17.2 Å². The highest BCUT2D eigenvalue weighted by Crippen LogP contribution is 2.38. The van der Waals surface area contributed by atoms with Gasteiger partial charge in [-0.1, -0.05) is 60.1 Å². The number of hydrogen-bond donors (Lipinski definition) is 1. The Hall–Kier alpha value is -4.54. The van der Waals surface area contributed by atoms with Crippen LogP contribution in [0.3, 0.4) is 0 Å². The Morgan fingerprint density at radius 1 is 0.902 bits per heavy atom. The van der Waals surface area contributed by atoms with Crippen LogP contribution in [0.1, 0.15) is 28.4 Å². The number of nitrogens with zero attached hydrogens (tertiary/aromatic N) is 1. The quantitative estimate of drug-likeness (QED) is 0.124. The lowest BCUT2D eigenvalue weighted by atomic mass is 10.2. The molecule has 4 rings (SSSR count). The van der Waals surface area contributed by atoms with Gasteiger partial charge in [0.05, 0.1) is 25.0 Å². The van der Waals surface area contributed by atoms with Gasteiger partial charge in [0.25, 0.3) is 5.91 Å². The number of hydrazone groups is 1. The van der Waals surface area contributed by atoms with Crippen molar-refractivity contribution in [3.05, 3.63) is 113 Å². The van der Waals surface area contributed by atoms with Crippen LogP contribution in [0, 0.1) is 0 Å². The van der Waals surface area contributed by atoms with E-state index in [9.17, 15) is 13.2 Å². The molecule has 0 aromatic heterocycles. The van der Waals surface area contributed by atoms with Crippen molar-refractivity contribution in [3.8, 4) is 23.0 Å². The predicted molar refractivity (Wildman–Crippen MR) is 156 cm³/mol. The summed E-state index contributed by atoms with van der Waals surface area (Å²) in [5.41, 5.74) is 4.18. The minimum absolute atomic E-state index is 0.0240. The number of benzene rings is 4. The first-order valence-electron chi connectivity index (χ1n) is 12.4. The first-order chi connectivity index (χ1) is 19.8. The summed E-state index contributed by atoms with van der Waals surface area (Å²) in [6.45, 7) is 2.58. The fourth-order valence-electron chi connectivity index (χ4n) is 3.64. The molecule has 0 atom stereocenters. The molecule has 0 bridgehead atoms. The van der Waals surface area contributed by atoms with Crippen molar-refractivity contribution in [1.82, 2.24) is 5.43 Å². The van der Waals surface area contributed by atoms with Gasteiger partial charge in [-0.15, -0.1) is 0 Å². The second kappa shape index (κ2) is 13.7. The Balaban J connectivity index is 1.45. The molecule has 0 unspecified atom stereocenters. The maximum Gasteiger partial charge on any atom is 0.339 e. The van der Waals surface area contributed by atoms with Gasteiger partial charge in [-0.05, 0) is 60.5 Å². The van der Waals surface area contributed by atoms with Crippen LogP contribution in [-0.4, -0.2) is 34.3 Å². The summed E-state index contributed by atoms with van der Waals surface area (Å²) in [4.78, 5) is 12.7. The van der Waals surface area contributed by atoms with Gasteiger partial charge in [-0.3, -0.25) is 4.79 Å². The Labute approximate surface area is 243 Å². The van der Waals surface area contributed by atoms with E-state index in [4.69, 9.17) is 30.0 Å². The molecule has 0 aliphatic rings. The van der Waals surface area contributed by atoms with Crippen LogP contribution in [0.15, 0.2) is 101 Å². The number of ether oxygens (including phenoxy) is 3. The van der Waals surface area contributed by atoms with Gasteiger partial charge in [0.2, 0.25) is 5.75 Å². The van der Waals surface area contributed by atoms with Gasteiger partial charge in [-0.25, -0.2) is 5.43 Å². The summed E-state index contributed by atoms with van der Waals surface area (Å²) in [7, 11) is -2.80. The Kier molecular flexibility index (Phi) is 9.83. The molecule has 0 aliphatic carbocycles. The molecular formula is C30H27ClN2O7S. The standard InChI is InChI=1S/C30H27ClN2O7S/c1-3-38-27-18-23(14-15-26(27)39-20-21-10-6-4-7-11-21)30(34)33-32-19-22-16-25(31)29(28(17-22)37-2)40-41(35,36)24-12-8-5-9-13-24/h4-19H,3,20H2,1-2H3,(H,33,34)/b32-19+. The van der Waals surface area contributed by atoms with Gasteiger partial charge in [0.1, 0.15) is 11.5 Å². The molecule has 4 aromatic rings. The molecule has 0 fully saturated rings. The summed E-state index contributed by atoms with van der Waals surface area (Å²) >= 11 is 6.33. The maximum absolute atomic E-state index is 12.8. The fraction of sp³-hybridized carbons (Fsp3) is 0.133. The van der Waals surface area contributed by atoms with E-state index < -0.39 is 16.0 Å². The Morgan fingerprint density at radius 2 is 1.61 bits per heavy atom. The molecule has 1 N–H and O–H groups in total. The predicted octanol–water partition coefficient (Wildman–Crippen LogP) is 5.86. The molecule has 1 amide bonds. The van der Waals surface area contributed by atoms with Gasteiger partial charge < -0.3 is 18.4 Å². The summed E-state index contributed by atoms with van der Waals surface area (Å²) in [6, 6.07) is 25.1. The minimum Gasteiger partial charge on any atom is -0.493 e. The number of hydrogen-bond acceptors (Lipinski definition) is 8. The molecular weight excluding hydrogens is 568 g/mol. The molecule has 41 heavy (non-hydrogen) atoms. The largest absolute Gasteiger partial charge is 0.493 e. The molecule has 0 saturated heterocycles. The SMILES string of the molecule is CCOc1cc(C(=O)N/N=C/c2cc(Cl)c(OS(=O)(=O)c3ccccc3)c(OC)c2)ccc1OCc1ccccc1. The van der Waals surface area contributed by atoms with E-state index in [2.05, 4.69) is 10.5 Å². The van der Waals surface area contributed by atoms with E-state index in [-0.39, 0.29) is 21.4 Å². The van der Waals surface area contributed by atoms with Crippen molar-refractivity contribution in [2.45, 2.75) is 18.4 Å². The van der Waals surface area contributed by atoms with E-state index in [0.29, 0.717) is 35.8 Å². The van der Waals surface area contributed by atoms with Crippen molar-refractivity contribution >= 4 is 33.8 Å². The number of halogens is 1. The van der Waals surface area contributed by atoms with E-state index in [0.717, 1.165) is 5.56 Å². The van der Waals surface area contributed by atoms with Crippen LogP contribution in [0.2, 0.25) is 5.02 Å². The third-order valence-electron chi connectivity index (χ3n) is 5.60. The lowest BCUT2D eigenvalue weighted by Gasteiger charge is -2.13. The van der Waals surface area contributed by atoms with Gasteiger partial charge in [0, 0.05) is 5.56 Å². The fourth-order valence-corrected chi connectivity index (χ4v) is 4.92. The van der Waals surface area contributed by atoms with Crippen molar-refractivity contribution in [2.24, 2.45) is 5.10 Å². The average Bonchev–Trinajstić information content (AvgIpc) is 2.98. The Bertz CT molecular complexity index is 1630. The zero-order valence-electron chi connectivity index (χ0n) is 22.2. The minimum atomic E-state index is -4.14. The molecule has 0 heterocycles. The van der Waals surface area contributed by atoms with Crippen molar-refractivity contribution in [2.75, 3.05) is 13.7 Å². The van der Waals surface area contributed by atoms with Crippen LogP contribution >= 0.6 is 11.6 Å². The van der Waals surface area contributed by atoms with Crippen molar-refractivity contribution < 1.29 is 31.6 Å². The van der Waals surface area contributed by atoms with Crippen LogP contribution in [0.25, 0.3) is 0 Å². The van der Waals surface area contributed by atoms with Crippen molar-refractivity contribution in [1.29, 1.82) is 0 Å². The van der Waals surface area contributed by atoms with Gasteiger partial charge in [-0.2, -0.15) is 13.5 Å². The number of amides is 1. The molecule has 4 aromatic carbocycles. The van der Waals surface area contributed by atoms with Crippen LogP contribution in [0.4, 0.5) is 0 Å². The van der Waals surface area contributed by atoms with Crippen LogP contribution in [-0.2, 0) is 16.7 Å². The van der Waals surface area contributed by atoms with Gasteiger partial charge >= 0.3 is 10.1 Å². The van der Waals surface area contributed by atoms with E-state index in [1.54, 1.807) is 36.4 Å². The molecule has 11 heteroatoms. The molecule has 212 valence electrons. The normalized spacial score (nSPS) is 11.2. The molecule has 0 aliphatic heterocycles. The smallest absolute Gasteiger partial charge is 0.339 e. The summed E-state index contributed by atoms with van der Waals surface area (Å²) in [5.74, 6) is 0.352. The van der Waals surface area contributed by atoms with Crippen LogP contribution in [0.5, 0.6) is 23.0 Å². The summed E-state index contributed by atoms with van der Waals surface area (Å²) in [6.07, 6.45) is 1.34. The molecule has 9 nitrogen and oxygen atoms in total. The summed E-state index contributed by atoms with van der Waals surface area (Å²) in [5, 5.41) is 3.97. The topological polar surface area (TPSA) is 113 Å².